The van der Waals surface area contributed by atoms with Gasteiger partial charge in [-0.1, -0.05) is 42.5 Å². The Kier molecular flexibility index (Phi) is 9.86. The second kappa shape index (κ2) is 12.9. The summed E-state index contributed by atoms with van der Waals surface area (Å²) in [6.45, 7) is 6.69. The maximum Gasteiger partial charge on any atom is 0.242 e. The van der Waals surface area contributed by atoms with Gasteiger partial charge in [0, 0.05) is 45.5 Å². The van der Waals surface area contributed by atoms with E-state index in [0.717, 1.165) is 16.7 Å². The zero-order chi connectivity index (χ0) is 27.3. The lowest BCUT2D eigenvalue weighted by atomic mass is 9.90. The number of anilines is 2. The van der Waals surface area contributed by atoms with Crippen LogP contribution in [0.3, 0.4) is 0 Å². The van der Waals surface area contributed by atoms with E-state index in [4.69, 9.17) is 0 Å². The van der Waals surface area contributed by atoms with Gasteiger partial charge >= 0.3 is 0 Å². The van der Waals surface area contributed by atoms with Crippen LogP contribution in [-0.4, -0.2) is 47.7 Å². The molecule has 0 fully saturated rings. The molecule has 0 unspecified atom stereocenters. The molecule has 39 heavy (non-hydrogen) atoms. The van der Waals surface area contributed by atoms with E-state index in [1.807, 2.05) is 78.7 Å². The van der Waals surface area contributed by atoms with E-state index in [1.165, 1.54) is 0 Å². The van der Waals surface area contributed by atoms with E-state index < -0.39 is 5.41 Å². The number of amides is 3. The van der Waals surface area contributed by atoms with Crippen molar-refractivity contribution in [2.24, 2.45) is 5.41 Å². The number of hydrogen-bond donors (Lipinski definition) is 0. The van der Waals surface area contributed by atoms with Gasteiger partial charge in [-0.2, -0.15) is 0 Å². The minimum atomic E-state index is -1.16. The lowest BCUT2D eigenvalue weighted by Crippen LogP contribution is -2.47. The standard InChI is InChI=1S/C31H36N4O3.ClH/c1-5-35-26-15-13-25(20-27(26)33(4)29(37)31(2,3)30(35)38)22-34(19-17-24-12-9-18-32-21-24)28(36)16-14-23-10-7-6-8-11-23;/h6-13,15,18,20-21H,5,14,16-17,19,22H2,1-4H3;1H. The quantitative estimate of drug-likeness (QED) is 0.350. The Bertz CT molecular complexity index is 1300. The second-order valence-electron chi connectivity index (χ2n) is 10.3. The fraction of sp³-hybridized carbons (Fsp3) is 0.355. The maximum atomic E-state index is 13.4. The molecule has 1 aliphatic rings. The molecule has 0 aliphatic carbocycles. The molecule has 1 aromatic heterocycles. The van der Waals surface area contributed by atoms with Crippen LogP contribution in [-0.2, 0) is 33.8 Å². The van der Waals surface area contributed by atoms with Crippen molar-refractivity contribution in [3.8, 4) is 0 Å². The number of aryl methyl sites for hydroxylation is 1. The van der Waals surface area contributed by atoms with E-state index in [-0.39, 0.29) is 30.1 Å². The first-order valence-corrected chi connectivity index (χ1v) is 13.2. The minimum absolute atomic E-state index is 0. The minimum Gasteiger partial charge on any atom is -0.338 e. The number of carbonyl (C=O) groups is 3. The van der Waals surface area contributed by atoms with Crippen molar-refractivity contribution in [3.05, 3.63) is 89.7 Å². The molecule has 0 atom stereocenters. The normalized spacial score (nSPS) is 14.4. The molecule has 206 valence electrons. The van der Waals surface area contributed by atoms with E-state index >= 15 is 0 Å². The number of halogens is 1. The van der Waals surface area contributed by atoms with E-state index in [1.54, 1.807) is 36.9 Å². The van der Waals surface area contributed by atoms with Crippen LogP contribution in [0.15, 0.2) is 73.1 Å². The summed E-state index contributed by atoms with van der Waals surface area (Å²) >= 11 is 0. The number of hydrogen-bond acceptors (Lipinski definition) is 4. The van der Waals surface area contributed by atoms with Gasteiger partial charge in [-0.3, -0.25) is 19.4 Å². The molecule has 0 N–H and O–H groups in total. The summed E-state index contributed by atoms with van der Waals surface area (Å²) in [5, 5.41) is 0. The van der Waals surface area contributed by atoms with Crippen molar-refractivity contribution in [2.45, 2.75) is 46.6 Å². The average molecular weight is 549 g/mol. The Morgan fingerprint density at radius 2 is 1.62 bits per heavy atom. The van der Waals surface area contributed by atoms with Crippen LogP contribution in [0.25, 0.3) is 0 Å². The molecule has 2 aromatic carbocycles. The Hall–Kier alpha value is -3.71. The van der Waals surface area contributed by atoms with Crippen LogP contribution in [0.2, 0.25) is 0 Å². The van der Waals surface area contributed by atoms with Crippen molar-refractivity contribution >= 4 is 41.5 Å². The molecule has 0 saturated carbocycles. The van der Waals surface area contributed by atoms with E-state index in [9.17, 15) is 14.4 Å². The first kappa shape index (κ1) is 29.8. The van der Waals surface area contributed by atoms with Crippen LogP contribution in [0, 0.1) is 5.41 Å². The molecule has 4 rings (SSSR count). The summed E-state index contributed by atoms with van der Waals surface area (Å²) in [5.74, 6) is -0.384. The predicted molar refractivity (Wildman–Crippen MR) is 157 cm³/mol. The molecule has 0 spiro atoms. The van der Waals surface area contributed by atoms with Gasteiger partial charge in [-0.15, -0.1) is 12.4 Å². The summed E-state index contributed by atoms with van der Waals surface area (Å²) < 4.78 is 0. The highest BCUT2D eigenvalue weighted by Gasteiger charge is 2.45. The summed E-state index contributed by atoms with van der Waals surface area (Å²) in [6, 6.07) is 19.7. The van der Waals surface area contributed by atoms with Gasteiger partial charge in [0.25, 0.3) is 0 Å². The Morgan fingerprint density at radius 3 is 2.28 bits per heavy atom. The third-order valence-electron chi connectivity index (χ3n) is 7.22. The highest BCUT2D eigenvalue weighted by Crippen LogP contribution is 2.39. The zero-order valence-corrected chi connectivity index (χ0v) is 23.9. The average Bonchev–Trinajstić information content (AvgIpc) is 2.99. The number of benzene rings is 2. The second-order valence-corrected chi connectivity index (χ2v) is 10.3. The van der Waals surface area contributed by atoms with Crippen LogP contribution in [0.5, 0.6) is 0 Å². The SMILES string of the molecule is CCN1C(=O)C(C)(C)C(=O)N(C)c2cc(CN(CCc3cccnc3)C(=O)CCc3ccccc3)ccc21.Cl. The predicted octanol–water partition coefficient (Wildman–Crippen LogP) is 5.06. The number of carbonyl (C=O) groups excluding carboxylic acids is 3. The monoisotopic (exact) mass is 548 g/mol. The molecule has 3 aromatic rings. The van der Waals surface area contributed by atoms with Crippen LogP contribution < -0.4 is 9.80 Å². The number of pyridine rings is 1. The van der Waals surface area contributed by atoms with Gasteiger partial charge in [0.05, 0.1) is 11.4 Å². The summed E-state index contributed by atoms with van der Waals surface area (Å²) in [6.07, 6.45) is 5.35. The van der Waals surface area contributed by atoms with Gasteiger partial charge in [0.1, 0.15) is 5.41 Å². The van der Waals surface area contributed by atoms with Gasteiger partial charge in [-0.05, 0) is 68.5 Å². The van der Waals surface area contributed by atoms with Gasteiger partial charge in [0.15, 0.2) is 0 Å². The molecular weight excluding hydrogens is 512 g/mol. The fourth-order valence-electron chi connectivity index (χ4n) is 4.92. The number of rotatable bonds is 9. The van der Waals surface area contributed by atoms with Crippen LogP contribution in [0.4, 0.5) is 11.4 Å². The fourth-order valence-corrected chi connectivity index (χ4v) is 4.92. The maximum absolute atomic E-state index is 13.4. The summed E-state index contributed by atoms with van der Waals surface area (Å²) in [5.41, 5.74) is 3.33. The Morgan fingerprint density at radius 1 is 0.897 bits per heavy atom. The summed E-state index contributed by atoms with van der Waals surface area (Å²) in [4.78, 5) is 49.2. The van der Waals surface area contributed by atoms with Gasteiger partial charge < -0.3 is 14.7 Å². The van der Waals surface area contributed by atoms with E-state index in [2.05, 4.69) is 4.98 Å². The van der Waals surface area contributed by atoms with Crippen molar-refractivity contribution in [3.63, 3.8) is 0 Å². The van der Waals surface area contributed by atoms with E-state index in [0.29, 0.717) is 50.3 Å². The number of fused-ring (bicyclic) bond motifs is 1. The number of nitrogens with zero attached hydrogens (tertiary/aromatic N) is 4. The molecule has 0 bridgehead atoms. The molecule has 0 radical (unpaired) electrons. The van der Waals surface area contributed by atoms with Crippen LogP contribution in [0.1, 0.15) is 43.9 Å². The van der Waals surface area contributed by atoms with Gasteiger partial charge in [-0.25, -0.2) is 0 Å². The Balaban J connectivity index is 0.00000420. The molecule has 1 aliphatic heterocycles. The third kappa shape index (κ3) is 6.66. The third-order valence-corrected chi connectivity index (χ3v) is 7.22. The van der Waals surface area contributed by atoms with Crippen molar-refractivity contribution in [1.82, 2.24) is 9.88 Å². The first-order valence-electron chi connectivity index (χ1n) is 13.2. The molecule has 8 heteroatoms. The topological polar surface area (TPSA) is 73.8 Å². The largest absolute Gasteiger partial charge is 0.338 e. The lowest BCUT2D eigenvalue weighted by molar-refractivity contribution is -0.137. The van der Waals surface area contributed by atoms with Crippen molar-refractivity contribution < 1.29 is 14.4 Å². The van der Waals surface area contributed by atoms with Crippen molar-refractivity contribution in [2.75, 3.05) is 29.9 Å². The number of aromatic nitrogens is 1. The lowest BCUT2D eigenvalue weighted by Gasteiger charge is -2.27. The molecule has 0 saturated heterocycles. The first-order chi connectivity index (χ1) is 18.2. The molecule has 2 heterocycles. The van der Waals surface area contributed by atoms with Crippen molar-refractivity contribution in [1.29, 1.82) is 0 Å². The highest BCUT2D eigenvalue weighted by molar-refractivity contribution is 6.19. The zero-order valence-electron chi connectivity index (χ0n) is 23.1. The molecule has 3 amide bonds. The smallest absolute Gasteiger partial charge is 0.242 e. The van der Waals surface area contributed by atoms with Gasteiger partial charge in [0.2, 0.25) is 17.7 Å². The highest BCUT2D eigenvalue weighted by atomic mass is 35.5. The van der Waals surface area contributed by atoms with Crippen LogP contribution >= 0.6 is 12.4 Å². The Labute approximate surface area is 237 Å². The summed E-state index contributed by atoms with van der Waals surface area (Å²) in [7, 11) is 1.71. The molecule has 7 nitrogen and oxygen atoms in total. The molecular formula is C31H37ClN4O3.